The van der Waals surface area contributed by atoms with Crippen molar-refractivity contribution in [1.82, 2.24) is 15.3 Å². The van der Waals surface area contributed by atoms with Crippen LogP contribution in [0.4, 0.5) is 5.69 Å². The summed E-state index contributed by atoms with van der Waals surface area (Å²) in [5.41, 5.74) is -2.15. The van der Waals surface area contributed by atoms with Crippen molar-refractivity contribution in [3.63, 3.8) is 0 Å². The maximum Gasteiger partial charge on any atom is 0.327 e. The zero-order valence-corrected chi connectivity index (χ0v) is 18.0. The fourth-order valence-corrected chi connectivity index (χ4v) is 5.04. The van der Waals surface area contributed by atoms with Crippen LogP contribution in [0, 0.1) is 10.1 Å². The SMILES string of the molecule is Br.O=c1[nH]c2cc([N+](=O)[O-])cc(CNC3(CP(=O)(O)O)CCCCC3)c2[nH]c1=O. The van der Waals surface area contributed by atoms with Gasteiger partial charge in [0.2, 0.25) is 0 Å². The van der Waals surface area contributed by atoms with Crippen LogP contribution in [0.5, 0.6) is 0 Å². The van der Waals surface area contributed by atoms with Gasteiger partial charge in [-0.2, -0.15) is 0 Å². The zero-order valence-electron chi connectivity index (χ0n) is 15.3. The standard InChI is InChI=1S/C16H21N4O7P.BrH/c21-14-15(22)19-13-10(6-11(20(23)24)7-12(13)18-14)8-17-16(9-28(25,26)27)4-2-1-3-5-16;/h6-7,17H,1-5,8-9H2,(H,18,21)(H,19,22)(H2,25,26,27);1H. The number of benzene rings is 1. The third-order valence-electron chi connectivity index (χ3n) is 5.08. The van der Waals surface area contributed by atoms with Crippen LogP contribution in [-0.4, -0.2) is 36.4 Å². The van der Waals surface area contributed by atoms with Crippen molar-refractivity contribution >= 4 is 41.3 Å². The number of aromatic amines is 2. The number of halogens is 1. The molecule has 160 valence electrons. The molecule has 1 aliphatic rings. The van der Waals surface area contributed by atoms with Gasteiger partial charge in [0.1, 0.15) is 0 Å². The van der Waals surface area contributed by atoms with Gasteiger partial charge >= 0.3 is 18.7 Å². The summed E-state index contributed by atoms with van der Waals surface area (Å²) in [4.78, 5) is 57.6. The average molecular weight is 493 g/mol. The van der Waals surface area contributed by atoms with Gasteiger partial charge < -0.3 is 25.1 Å². The van der Waals surface area contributed by atoms with Crippen molar-refractivity contribution in [3.8, 4) is 0 Å². The molecule has 1 aromatic heterocycles. The van der Waals surface area contributed by atoms with E-state index in [0.29, 0.717) is 18.4 Å². The van der Waals surface area contributed by atoms with E-state index in [2.05, 4.69) is 15.3 Å². The molecule has 0 saturated heterocycles. The van der Waals surface area contributed by atoms with Gasteiger partial charge in [0, 0.05) is 24.2 Å². The highest BCUT2D eigenvalue weighted by atomic mass is 79.9. The van der Waals surface area contributed by atoms with Crippen molar-refractivity contribution in [2.75, 3.05) is 6.16 Å². The summed E-state index contributed by atoms with van der Waals surface area (Å²) in [6.45, 7) is 0.0418. The Morgan fingerprint density at radius 1 is 1.14 bits per heavy atom. The van der Waals surface area contributed by atoms with Crippen molar-refractivity contribution in [2.24, 2.45) is 0 Å². The van der Waals surface area contributed by atoms with E-state index in [1.807, 2.05) is 0 Å². The van der Waals surface area contributed by atoms with Gasteiger partial charge in [-0.05, 0) is 18.4 Å². The molecule has 0 aliphatic heterocycles. The molecule has 0 radical (unpaired) electrons. The molecule has 13 heteroatoms. The highest BCUT2D eigenvalue weighted by molar-refractivity contribution is 8.93. The summed E-state index contributed by atoms with van der Waals surface area (Å²) >= 11 is 0. The van der Waals surface area contributed by atoms with Crippen LogP contribution < -0.4 is 16.4 Å². The molecule has 0 amide bonds. The number of nitrogens with one attached hydrogen (secondary N) is 3. The Labute approximate surface area is 175 Å². The lowest BCUT2D eigenvalue weighted by Crippen LogP contribution is -2.49. The quantitative estimate of drug-likeness (QED) is 0.175. The minimum atomic E-state index is -4.28. The van der Waals surface area contributed by atoms with E-state index >= 15 is 0 Å². The molecule has 0 spiro atoms. The highest BCUT2D eigenvalue weighted by Crippen LogP contribution is 2.43. The van der Waals surface area contributed by atoms with Crippen LogP contribution in [0.2, 0.25) is 0 Å². The average Bonchev–Trinajstić information content (AvgIpc) is 2.60. The van der Waals surface area contributed by atoms with Crippen molar-refractivity contribution in [2.45, 2.75) is 44.2 Å². The number of fused-ring (bicyclic) bond motifs is 1. The molecular weight excluding hydrogens is 471 g/mol. The van der Waals surface area contributed by atoms with E-state index in [9.17, 15) is 34.1 Å². The molecule has 1 heterocycles. The number of aromatic nitrogens is 2. The first kappa shape index (κ1) is 23.4. The molecule has 5 N–H and O–H groups in total. The summed E-state index contributed by atoms with van der Waals surface area (Å²) in [6, 6.07) is 2.43. The van der Waals surface area contributed by atoms with E-state index < -0.39 is 29.2 Å². The fourth-order valence-electron chi connectivity index (χ4n) is 3.82. The molecule has 1 aromatic carbocycles. The second-order valence-corrected chi connectivity index (χ2v) is 8.86. The Hall–Kier alpha value is -1.85. The number of hydrogen-bond acceptors (Lipinski definition) is 6. The smallest absolute Gasteiger partial charge is 0.324 e. The first-order valence-electron chi connectivity index (χ1n) is 8.82. The minimum Gasteiger partial charge on any atom is -0.324 e. The first-order chi connectivity index (χ1) is 13.1. The number of rotatable bonds is 6. The number of H-pyrrole nitrogens is 2. The number of hydrogen-bond donors (Lipinski definition) is 5. The van der Waals surface area contributed by atoms with Crippen molar-refractivity contribution < 1.29 is 19.3 Å². The first-order valence-corrected chi connectivity index (χ1v) is 10.6. The summed E-state index contributed by atoms with van der Waals surface area (Å²) in [6.07, 6.45) is 3.40. The second kappa shape index (κ2) is 8.88. The van der Waals surface area contributed by atoms with Crippen LogP contribution in [0.25, 0.3) is 11.0 Å². The Morgan fingerprint density at radius 2 is 1.76 bits per heavy atom. The molecule has 1 aliphatic carbocycles. The largest absolute Gasteiger partial charge is 0.327 e. The maximum atomic E-state index is 11.7. The van der Waals surface area contributed by atoms with Gasteiger partial charge in [-0.25, -0.2) is 0 Å². The second-order valence-electron chi connectivity index (χ2n) is 7.21. The van der Waals surface area contributed by atoms with Gasteiger partial charge in [-0.1, -0.05) is 19.3 Å². The third kappa shape index (κ3) is 5.61. The number of nitro benzene ring substituents is 1. The van der Waals surface area contributed by atoms with Gasteiger partial charge in [0.15, 0.2) is 0 Å². The van der Waals surface area contributed by atoms with E-state index in [1.54, 1.807) is 0 Å². The summed E-state index contributed by atoms with van der Waals surface area (Å²) in [5.74, 6) is 0. The van der Waals surface area contributed by atoms with Crippen LogP contribution in [0.15, 0.2) is 21.7 Å². The lowest BCUT2D eigenvalue weighted by atomic mass is 9.83. The molecule has 1 fully saturated rings. The zero-order chi connectivity index (χ0) is 20.5. The molecule has 3 rings (SSSR count). The van der Waals surface area contributed by atoms with Gasteiger partial charge in [-0.15, -0.1) is 17.0 Å². The number of non-ortho nitro benzene ring substituents is 1. The Balaban J connectivity index is 0.00000300. The summed E-state index contributed by atoms with van der Waals surface area (Å²) in [7, 11) is -4.28. The van der Waals surface area contributed by atoms with E-state index in [4.69, 9.17) is 0 Å². The van der Waals surface area contributed by atoms with Crippen LogP contribution >= 0.6 is 24.6 Å². The Morgan fingerprint density at radius 3 is 2.34 bits per heavy atom. The van der Waals surface area contributed by atoms with Crippen LogP contribution in [0.1, 0.15) is 37.7 Å². The van der Waals surface area contributed by atoms with Gasteiger partial charge in [0.25, 0.3) is 5.69 Å². The molecule has 11 nitrogen and oxygen atoms in total. The predicted octanol–water partition coefficient (Wildman–Crippen LogP) is 1.67. The lowest BCUT2D eigenvalue weighted by molar-refractivity contribution is -0.384. The molecule has 2 aromatic rings. The molecule has 0 unspecified atom stereocenters. The van der Waals surface area contributed by atoms with Crippen LogP contribution in [-0.2, 0) is 11.1 Å². The molecule has 0 bridgehead atoms. The Kier molecular flexibility index (Phi) is 7.18. The number of nitro groups is 1. The topological polar surface area (TPSA) is 178 Å². The van der Waals surface area contributed by atoms with E-state index in [-0.39, 0.29) is 46.4 Å². The van der Waals surface area contributed by atoms with Gasteiger partial charge in [-0.3, -0.25) is 24.3 Å². The molecule has 29 heavy (non-hydrogen) atoms. The van der Waals surface area contributed by atoms with Crippen molar-refractivity contribution in [3.05, 3.63) is 48.5 Å². The monoisotopic (exact) mass is 492 g/mol. The summed E-state index contributed by atoms with van der Waals surface area (Å²) < 4.78 is 11.6. The minimum absolute atomic E-state index is 0. The fraction of sp³-hybridized carbons (Fsp3) is 0.500. The Bertz CT molecular complexity index is 1070. The maximum absolute atomic E-state index is 11.7. The van der Waals surface area contributed by atoms with Crippen LogP contribution in [0.3, 0.4) is 0 Å². The normalized spacial score (nSPS) is 16.3. The summed E-state index contributed by atoms with van der Waals surface area (Å²) in [5, 5.41) is 14.4. The highest BCUT2D eigenvalue weighted by Gasteiger charge is 2.37. The van der Waals surface area contributed by atoms with Crippen molar-refractivity contribution in [1.29, 1.82) is 0 Å². The third-order valence-corrected chi connectivity index (χ3v) is 6.10. The van der Waals surface area contributed by atoms with Gasteiger partial charge in [0.05, 0.1) is 22.1 Å². The van der Waals surface area contributed by atoms with E-state index in [0.717, 1.165) is 25.3 Å². The number of nitrogens with zero attached hydrogens (tertiary/aromatic N) is 1. The lowest BCUT2D eigenvalue weighted by Gasteiger charge is -2.38. The van der Waals surface area contributed by atoms with E-state index in [1.165, 1.54) is 6.07 Å². The molecule has 1 saturated carbocycles. The molecular formula is C16H22BrN4O7P. The molecule has 0 atom stereocenters. The predicted molar refractivity (Wildman–Crippen MR) is 112 cm³/mol.